The lowest BCUT2D eigenvalue weighted by Crippen LogP contribution is -2.12. The van der Waals surface area contributed by atoms with E-state index in [9.17, 15) is 0 Å². The van der Waals surface area contributed by atoms with Crippen molar-refractivity contribution in [3.63, 3.8) is 0 Å². The standard InChI is InChI=1S/C12H21N/c1-3-5-11-8-7-10(2)12(11)6-4-9-13/h10-12H,3-8H2,1-2H3. The van der Waals surface area contributed by atoms with E-state index in [0.717, 1.165) is 30.6 Å². The van der Waals surface area contributed by atoms with Crippen LogP contribution in [-0.4, -0.2) is 0 Å². The molecule has 3 atom stereocenters. The molecule has 1 aliphatic carbocycles. The van der Waals surface area contributed by atoms with Crippen molar-refractivity contribution in [3.8, 4) is 6.07 Å². The van der Waals surface area contributed by atoms with Crippen molar-refractivity contribution in [1.82, 2.24) is 0 Å². The van der Waals surface area contributed by atoms with Crippen LogP contribution in [0.25, 0.3) is 0 Å². The molecular weight excluding hydrogens is 158 g/mol. The lowest BCUT2D eigenvalue weighted by molar-refractivity contribution is 0.293. The van der Waals surface area contributed by atoms with Crippen molar-refractivity contribution in [2.24, 2.45) is 17.8 Å². The molecular formula is C12H21N. The summed E-state index contributed by atoms with van der Waals surface area (Å²) in [4.78, 5) is 0. The maximum Gasteiger partial charge on any atom is 0.0621 e. The summed E-state index contributed by atoms with van der Waals surface area (Å²) in [5.74, 6) is 2.64. The van der Waals surface area contributed by atoms with Gasteiger partial charge in [0.1, 0.15) is 0 Å². The molecule has 1 saturated carbocycles. The SMILES string of the molecule is CCCC1CCC(C)C1CCC#N. The van der Waals surface area contributed by atoms with E-state index in [-0.39, 0.29) is 0 Å². The minimum Gasteiger partial charge on any atom is -0.198 e. The Kier molecular flexibility index (Phi) is 4.28. The third kappa shape index (κ3) is 2.72. The number of hydrogen-bond donors (Lipinski definition) is 0. The molecule has 0 aromatic carbocycles. The molecule has 3 unspecified atom stereocenters. The third-order valence-electron chi connectivity index (χ3n) is 3.58. The van der Waals surface area contributed by atoms with E-state index in [0.29, 0.717) is 0 Å². The average molecular weight is 179 g/mol. The van der Waals surface area contributed by atoms with E-state index in [1.54, 1.807) is 0 Å². The second-order valence-corrected chi connectivity index (χ2v) is 4.46. The maximum atomic E-state index is 8.58. The number of nitriles is 1. The summed E-state index contributed by atoms with van der Waals surface area (Å²) in [6.45, 7) is 4.63. The van der Waals surface area contributed by atoms with E-state index < -0.39 is 0 Å². The molecule has 0 spiro atoms. The molecule has 0 N–H and O–H groups in total. The van der Waals surface area contributed by atoms with Gasteiger partial charge in [0.2, 0.25) is 0 Å². The van der Waals surface area contributed by atoms with Gasteiger partial charge in [-0.2, -0.15) is 5.26 Å². The first-order valence-electron chi connectivity index (χ1n) is 5.66. The first kappa shape index (κ1) is 10.6. The Hall–Kier alpha value is -0.510. The predicted octanol–water partition coefficient (Wildman–Crippen LogP) is 3.75. The zero-order valence-electron chi connectivity index (χ0n) is 8.92. The van der Waals surface area contributed by atoms with Gasteiger partial charge in [0.15, 0.2) is 0 Å². The molecule has 0 saturated heterocycles. The Bertz CT molecular complexity index is 178. The Labute approximate surface area is 82.1 Å². The smallest absolute Gasteiger partial charge is 0.0621 e. The number of nitrogens with zero attached hydrogens (tertiary/aromatic N) is 1. The number of hydrogen-bond acceptors (Lipinski definition) is 1. The van der Waals surface area contributed by atoms with Crippen molar-refractivity contribution >= 4 is 0 Å². The lowest BCUT2D eigenvalue weighted by atomic mass is 9.84. The van der Waals surface area contributed by atoms with Gasteiger partial charge in [-0.25, -0.2) is 0 Å². The van der Waals surface area contributed by atoms with Crippen LogP contribution in [-0.2, 0) is 0 Å². The molecule has 1 nitrogen and oxygen atoms in total. The van der Waals surface area contributed by atoms with Gasteiger partial charge in [-0.15, -0.1) is 0 Å². The van der Waals surface area contributed by atoms with Crippen LogP contribution < -0.4 is 0 Å². The fourth-order valence-electron chi connectivity index (χ4n) is 2.85. The fourth-order valence-corrected chi connectivity index (χ4v) is 2.85. The molecule has 0 aromatic rings. The van der Waals surface area contributed by atoms with Gasteiger partial charge in [0.05, 0.1) is 6.07 Å². The monoisotopic (exact) mass is 179 g/mol. The molecule has 1 heteroatoms. The maximum absolute atomic E-state index is 8.58. The summed E-state index contributed by atoms with van der Waals surface area (Å²) in [5, 5.41) is 8.58. The summed E-state index contributed by atoms with van der Waals surface area (Å²) in [6, 6.07) is 2.28. The summed E-state index contributed by atoms with van der Waals surface area (Å²) < 4.78 is 0. The predicted molar refractivity (Wildman–Crippen MR) is 55.1 cm³/mol. The van der Waals surface area contributed by atoms with Gasteiger partial charge < -0.3 is 0 Å². The second-order valence-electron chi connectivity index (χ2n) is 4.46. The molecule has 0 amide bonds. The minimum absolute atomic E-state index is 0.759. The fraction of sp³-hybridized carbons (Fsp3) is 0.917. The minimum atomic E-state index is 0.759. The van der Waals surface area contributed by atoms with Crippen molar-refractivity contribution in [2.45, 2.75) is 52.4 Å². The molecule has 74 valence electrons. The molecule has 0 aromatic heterocycles. The zero-order valence-corrected chi connectivity index (χ0v) is 8.92. The lowest BCUT2D eigenvalue weighted by Gasteiger charge is -2.21. The Morgan fingerprint density at radius 2 is 2.08 bits per heavy atom. The van der Waals surface area contributed by atoms with E-state index in [1.165, 1.54) is 25.7 Å². The Morgan fingerprint density at radius 1 is 1.31 bits per heavy atom. The molecule has 13 heavy (non-hydrogen) atoms. The van der Waals surface area contributed by atoms with Gasteiger partial charge in [-0.05, 0) is 30.6 Å². The molecule has 0 aliphatic heterocycles. The van der Waals surface area contributed by atoms with Crippen molar-refractivity contribution < 1.29 is 0 Å². The van der Waals surface area contributed by atoms with Crippen LogP contribution in [0.5, 0.6) is 0 Å². The van der Waals surface area contributed by atoms with E-state index in [4.69, 9.17) is 5.26 Å². The highest BCUT2D eigenvalue weighted by molar-refractivity contribution is 4.84. The second kappa shape index (κ2) is 5.27. The first-order valence-corrected chi connectivity index (χ1v) is 5.66. The van der Waals surface area contributed by atoms with Crippen LogP contribution in [0.1, 0.15) is 52.4 Å². The van der Waals surface area contributed by atoms with Crippen LogP contribution in [0.2, 0.25) is 0 Å². The van der Waals surface area contributed by atoms with Crippen LogP contribution in [0.3, 0.4) is 0 Å². The van der Waals surface area contributed by atoms with Crippen molar-refractivity contribution in [2.75, 3.05) is 0 Å². The average Bonchev–Trinajstić information content (AvgIpc) is 2.45. The van der Waals surface area contributed by atoms with Crippen molar-refractivity contribution in [3.05, 3.63) is 0 Å². The summed E-state index contributed by atoms with van der Waals surface area (Å²) in [5.41, 5.74) is 0. The topological polar surface area (TPSA) is 23.8 Å². The molecule has 0 heterocycles. The Balaban J connectivity index is 2.41. The highest BCUT2D eigenvalue weighted by atomic mass is 14.4. The highest BCUT2D eigenvalue weighted by Crippen LogP contribution is 2.41. The highest BCUT2D eigenvalue weighted by Gasteiger charge is 2.31. The molecule has 0 bridgehead atoms. The van der Waals surface area contributed by atoms with Crippen LogP contribution in [0.4, 0.5) is 0 Å². The summed E-state index contributed by atoms with van der Waals surface area (Å²) in [6.07, 6.45) is 7.38. The van der Waals surface area contributed by atoms with Crippen molar-refractivity contribution in [1.29, 1.82) is 5.26 Å². The van der Waals surface area contributed by atoms with Gasteiger partial charge in [-0.1, -0.05) is 33.1 Å². The van der Waals surface area contributed by atoms with Crippen LogP contribution >= 0.6 is 0 Å². The molecule has 1 fully saturated rings. The third-order valence-corrected chi connectivity index (χ3v) is 3.58. The Morgan fingerprint density at radius 3 is 2.69 bits per heavy atom. The number of rotatable bonds is 4. The van der Waals surface area contributed by atoms with E-state index in [2.05, 4.69) is 19.9 Å². The zero-order chi connectivity index (χ0) is 9.68. The van der Waals surface area contributed by atoms with Crippen LogP contribution in [0.15, 0.2) is 0 Å². The quantitative estimate of drug-likeness (QED) is 0.644. The largest absolute Gasteiger partial charge is 0.198 e. The molecule has 1 rings (SSSR count). The van der Waals surface area contributed by atoms with E-state index in [1.807, 2.05) is 0 Å². The molecule has 0 radical (unpaired) electrons. The van der Waals surface area contributed by atoms with Gasteiger partial charge in [-0.3, -0.25) is 0 Å². The first-order chi connectivity index (χ1) is 6.29. The van der Waals surface area contributed by atoms with E-state index >= 15 is 0 Å². The molecule has 1 aliphatic rings. The van der Waals surface area contributed by atoms with Gasteiger partial charge >= 0.3 is 0 Å². The summed E-state index contributed by atoms with van der Waals surface area (Å²) >= 11 is 0. The van der Waals surface area contributed by atoms with Gasteiger partial charge in [0, 0.05) is 6.42 Å². The summed E-state index contributed by atoms with van der Waals surface area (Å²) in [7, 11) is 0. The normalized spacial score (nSPS) is 33.2. The van der Waals surface area contributed by atoms with Crippen LogP contribution in [0, 0.1) is 29.1 Å². The van der Waals surface area contributed by atoms with Gasteiger partial charge in [0.25, 0.3) is 0 Å².